The molecule has 2 aliphatic carbocycles. The zero-order valence-corrected chi connectivity index (χ0v) is 37.0. The number of carboxylic acid groups (broad SMARTS) is 2. The van der Waals surface area contributed by atoms with Crippen LogP contribution >= 0.6 is 0 Å². The molecule has 6 N–H and O–H groups in total. The number of aliphatic carboxylic acids is 2. The first-order chi connectivity index (χ1) is 30.6. The van der Waals surface area contributed by atoms with Gasteiger partial charge in [0.05, 0.1) is 11.8 Å². The monoisotopic (exact) mass is 872 g/mol. The van der Waals surface area contributed by atoms with E-state index in [1.54, 1.807) is 0 Å². The smallest absolute Gasteiger partial charge is 0.335 e. The lowest BCUT2D eigenvalue weighted by atomic mass is 9.79. The van der Waals surface area contributed by atoms with Crippen LogP contribution < -0.4 is 0 Å². The van der Waals surface area contributed by atoms with Crippen LogP contribution in [0.2, 0.25) is 0 Å². The lowest BCUT2D eigenvalue weighted by Crippen LogP contribution is -2.59. The van der Waals surface area contributed by atoms with E-state index in [-0.39, 0.29) is 23.7 Å². The molecule has 6 aliphatic rings. The van der Waals surface area contributed by atoms with Gasteiger partial charge in [-0.25, -0.2) is 9.59 Å². The Bertz CT molecular complexity index is 2370. The number of likely N-dealkylation sites (tertiary alicyclic amines) is 2. The topological polar surface area (TPSA) is 194 Å². The minimum Gasteiger partial charge on any atom is -0.479 e. The van der Waals surface area contributed by atoms with Crippen LogP contribution in [0.25, 0.3) is 33.0 Å². The van der Waals surface area contributed by atoms with E-state index < -0.39 is 24.1 Å². The third-order valence-corrected chi connectivity index (χ3v) is 14.2. The van der Waals surface area contributed by atoms with Gasteiger partial charge < -0.3 is 40.2 Å². The van der Waals surface area contributed by atoms with Crippen LogP contribution in [0.4, 0.5) is 0 Å². The summed E-state index contributed by atoms with van der Waals surface area (Å²) in [6, 6.07) is 15.0. The van der Waals surface area contributed by atoms with Gasteiger partial charge in [-0.1, -0.05) is 48.6 Å². The number of carbonyl (C=O) groups excluding carboxylic acids is 2. The van der Waals surface area contributed by atoms with Gasteiger partial charge in [0.25, 0.3) is 0 Å². The predicted molar refractivity (Wildman–Crippen MR) is 246 cm³/mol. The molecular weight excluding hydrogens is 813 g/mol. The Labute approximate surface area is 373 Å². The fraction of sp³-hybridized carbons (Fsp3) is 0.440. The quantitative estimate of drug-likeness (QED) is 0.124. The van der Waals surface area contributed by atoms with Crippen LogP contribution in [0.15, 0.2) is 86.3 Å². The first-order valence-corrected chi connectivity index (χ1v) is 22.4. The van der Waals surface area contributed by atoms with Crippen molar-refractivity contribution >= 4 is 56.7 Å². The van der Waals surface area contributed by atoms with Crippen molar-refractivity contribution in [2.24, 2.45) is 11.8 Å². The van der Waals surface area contributed by atoms with Crippen LogP contribution in [-0.4, -0.2) is 148 Å². The number of rotatable bonds is 9. The van der Waals surface area contributed by atoms with Gasteiger partial charge in [0.15, 0.2) is 12.2 Å². The second kappa shape index (κ2) is 18.0. The maximum atomic E-state index is 13.3. The fourth-order valence-electron chi connectivity index (χ4n) is 11.3. The Morgan fingerprint density at radius 2 is 1.03 bits per heavy atom. The molecule has 14 heteroatoms. The van der Waals surface area contributed by atoms with Crippen LogP contribution in [-0.2, 0) is 32.0 Å². The number of hydrogen-bond acceptors (Lipinski definition) is 8. The number of carboxylic acids is 2. The van der Waals surface area contributed by atoms with Crippen LogP contribution in [0.5, 0.6) is 0 Å². The summed E-state index contributed by atoms with van der Waals surface area (Å²) in [6.45, 7) is 19.7. The Morgan fingerprint density at radius 1 is 0.656 bits per heavy atom. The molecule has 2 aromatic heterocycles. The molecular formula is C50H60N6O8. The molecule has 10 atom stereocenters. The van der Waals surface area contributed by atoms with E-state index in [9.17, 15) is 19.2 Å². The number of aliphatic hydroxyl groups is 2. The highest BCUT2D eigenvalue weighted by atomic mass is 16.4. The number of benzene rings is 2. The molecule has 4 aromatic rings. The predicted octanol–water partition coefficient (Wildman–Crippen LogP) is 5.08. The maximum absolute atomic E-state index is 13.3. The number of H-pyrrole nitrogens is 2. The minimum absolute atomic E-state index is 0.0721. The molecule has 64 heavy (non-hydrogen) atoms. The van der Waals surface area contributed by atoms with Crippen molar-refractivity contribution in [1.29, 1.82) is 0 Å². The molecule has 0 radical (unpaired) electrons. The molecule has 14 nitrogen and oxygen atoms in total. The van der Waals surface area contributed by atoms with Crippen molar-refractivity contribution in [3.8, 4) is 0 Å². The second-order valence-corrected chi connectivity index (χ2v) is 18.4. The summed E-state index contributed by atoms with van der Waals surface area (Å²) in [5, 5.41) is 35.2. The first-order valence-electron chi connectivity index (χ1n) is 22.4. The van der Waals surface area contributed by atoms with Gasteiger partial charge in [0.2, 0.25) is 11.8 Å². The normalized spacial score (nSPS) is 27.7. The fourth-order valence-corrected chi connectivity index (χ4v) is 11.3. The Hall–Kier alpha value is -5.80. The summed E-state index contributed by atoms with van der Waals surface area (Å²) >= 11 is 0. The summed E-state index contributed by atoms with van der Waals surface area (Å²) in [4.78, 5) is 62.0. The number of hydrogen-bond donors (Lipinski definition) is 6. The molecule has 338 valence electrons. The van der Waals surface area contributed by atoms with E-state index in [1.807, 2.05) is 12.2 Å². The minimum atomic E-state index is -2.27. The van der Waals surface area contributed by atoms with Gasteiger partial charge in [0.1, 0.15) is 0 Å². The highest BCUT2D eigenvalue weighted by Crippen LogP contribution is 2.44. The maximum Gasteiger partial charge on any atom is 0.335 e. The SMILES string of the molecule is C=CCN1C[C@H](C(=O)N2[C@@H](C)C[C@@H]2C)C=C2c3cccc4[nH]cc(c34)C[C@H]21.C=CCN1C[C@H](C(=O)N2[C@@H](C)C[C@@H]2C)C=C2c3cccc4[nH]cc(c34)C[C@H]21.O=C(O)C(O)C(O)C(=O)O. The van der Waals surface area contributed by atoms with Crippen molar-refractivity contribution in [3.05, 3.63) is 109 Å². The van der Waals surface area contributed by atoms with Crippen molar-refractivity contribution in [3.63, 3.8) is 0 Å². The zero-order chi connectivity index (χ0) is 45.7. The van der Waals surface area contributed by atoms with Gasteiger partial charge in [-0.05, 0) is 98.9 Å². The number of fused-ring (bicyclic) bond motifs is 4. The van der Waals surface area contributed by atoms with Crippen molar-refractivity contribution in [2.75, 3.05) is 26.2 Å². The number of aliphatic hydroxyl groups excluding tert-OH is 2. The summed E-state index contributed by atoms with van der Waals surface area (Å²) in [7, 11) is 0. The Kier molecular flexibility index (Phi) is 12.6. The van der Waals surface area contributed by atoms with Crippen molar-refractivity contribution in [1.82, 2.24) is 29.6 Å². The first kappa shape index (κ1) is 44.8. The summed E-state index contributed by atoms with van der Waals surface area (Å²) in [5.74, 6) is -3.11. The van der Waals surface area contributed by atoms with Crippen LogP contribution in [0.3, 0.4) is 0 Å². The van der Waals surface area contributed by atoms with Gasteiger partial charge in [-0.3, -0.25) is 19.4 Å². The average molecular weight is 873 g/mol. The molecule has 2 aromatic carbocycles. The van der Waals surface area contributed by atoms with Crippen molar-refractivity contribution in [2.45, 2.75) is 102 Å². The number of aromatic amines is 2. The molecule has 2 saturated heterocycles. The van der Waals surface area contributed by atoms with E-state index in [1.165, 1.54) is 55.2 Å². The van der Waals surface area contributed by atoms with Gasteiger partial charge >= 0.3 is 11.9 Å². The van der Waals surface area contributed by atoms with E-state index in [0.29, 0.717) is 36.3 Å². The molecule has 2 unspecified atom stereocenters. The Morgan fingerprint density at radius 3 is 1.36 bits per heavy atom. The van der Waals surface area contributed by atoms with Crippen LogP contribution in [0, 0.1) is 11.8 Å². The molecule has 0 saturated carbocycles. The van der Waals surface area contributed by atoms with Crippen molar-refractivity contribution < 1.29 is 39.6 Å². The van der Waals surface area contributed by atoms with E-state index in [2.05, 4.69) is 131 Å². The zero-order valence-electron chi connectivity index (χ0n) is 37.0. The highest BCUT2D eigenvalue weighted by Gasteiger charge is 2.44. The summed E-state index contributed by atoms with van der Waals surface area (Å²) in [5.41, 5.74) is 10.4. The lowest BCUT2D eigenvalue weighted by molar-refractivity contribution is -0.165. The standard InChI is InChI=1S/2C23H27N3O.C4H6O6/c2*1-4-8-25-13-17(23(27)26-14(2)9-15(26)3)10-19-18-6-5-7-20-22(18)16(12-24-20)11-21(19)25;5-1(3(7)8)2(6)4(9)10/h2*4-7,10,12,14-15,17,21,24H,1,8-9,11,13H2,2-3H3;1-2,5-6H,(H,7,8)(H,9,10)/t2*14-,15-,17+,21+;/m00./s1. The number of carbonyl (C=O) groups is 4. The van der Waals surface area contributed by atoms with E-state index >= 15 is 0 Å². The average Bonchev–Trinajstić information content (AvgIpc) is 3.89. The molecule has 2 fully saturated rings. The molecule has 10 rings (SSSR count). The number of nitrogens with zero attached hydrogens (tertiary/aromatic N) is 4. The molecule has 0 spiro atoms. The molecule has 6 heterocycles. The number of nitrogens with one attached hydrogen (secondary N) is 2. The third kappa shape index (κ3) is 8.01. The van der Waals surface area contributed by atoms with Gasteiger partial charge in [-0.15, -0.1) is 13.2 Å². The molecule has 4 aliphatic heterocycles. The largest absolute Gasteiger partial charge is 0.479 e. The highest BCUT2D eigenvalue weighted by molar-refractivity contribution is 6.01. The second-order valence-electron chi connectivity index (χ2n) is 18.4. The number of aromatic nitrogens is 2. The number of amides is 2. The summed E-state index contributed by atoms with van der Waals surface area (Å²) < 4.78 is 0. The lowest BCUT2D eigenvalue weighted by Gasteiger charge is -2.48. The van der Waals surface area contributed by atoms with Gasteiger partial charge in [0, 0.05) is 96.6 Å². The third-order valence-electron chi connectivity index (χ3n) is 14.2. The summed E-state index contributed by atoms with van der Waals surface area (Å²) in [6.07, 6.45) is 12.5. The molecule has 2 amide bonds. The van der Waals surface area contributed by atoms with E-state index in [0.717, 1.165) is 51.9 Å². The van der Waals surface area contributed by atoms with Crippen LogP contribution in [0.1, 0.15) is 62.8 Å². The Balaban J connectivity index is 0.000000145. The van der Waals surface area contributed by atoms with E-state index in [4.69, 9.17) is 20.4 Å². The van der Waals surface area contributed by atoms with Gasteiger partial charge in [-0.2, -0.15) is 0 Å². The molecule has 0 bridgehead atoms.